The van der Waals surface area contributed by atoms with E-state index in [4.69, 9.17) is 0 Å². The molecule has 0 nitrogen and oxygen atoms in total. The minimum Gasteiger partial charge on any atom is -0.0844 e. The lowest BCUT2D eigenvalue weighted by molar-refractivity contribution is 1.17. The van der Waals surface area contributed by atoms with Crippen LogP contribution in [0, 0.1) is 0 Å². The van der Waals surface area contributed by atoms with Gasteiger partial charge in [-0.05, 0) is 65.2 Å². The van der Waals surface area contributed by atoms with E-state index in [1.165, 1.54) is 27.9 Å². The Morgan fingerprint density at radius 1 is 0.692 bits per heavy atom. The summed E-state index contributed by atoms with van der Waals surface area (Å²) in [5.74, 6) is 0. The highest BCUT2D eigenvalue weighted by Gasteiger charge is 2.01. The van der Waals surface area contributed by atoms with E-state index in [0.29, 0.717) is 0 Å². The lowest BCUT2D eigenvalue weighted by Crippen LogP contribution is -1.90. The Morgan fingerprint density at radius 2 is 1.15 bits per heavy atom. The van der Waals surface area contributed by atoms with Gasteiger partial charge in [0.2, 0.25) is 0 Å². The fourth-order valence-corrected chi connectivity index (χ4v) is 1.17. The van der Waals surface area contributed by atoms with E-state index in [0.717, 1.165) is 0 Å². The van der Waals surface area contributed by atoms with Crippen LogP contribution < -0.4 is 0 Å². The van der Waals surface area contributed by atoms with Crippen molar-refractivity contribution in [2.75, 3.05) is 0 Å². The Bertz CT molecular complexity index is 268. The highest BCUT2D eigenvalue weighted by atomic mass is 14.1. The van der Waals surface area contributed by atoms with E-state index in [1.807, 2.05) is 0 Å². The van der Waals surface area contributed by atoms with Gasteiger partial charge in [0.05, 0.1) is 0 Å². The van der Waals surface area contributed by atoms with Gasteiger partial charge in [-0.3, -0.25) is 0 Å². The van der Waals surface area contributed by atoms with Crippen molar-refractivity contribution in [2.24, 2.45) is 0 Å². The first-order valence-corrected chi connectivity index (χ1v) is 4.87. The minimum absolute atomic E-state index is 1.37. The smallest absolute Gasteiger partial charge is 0.0392 e. The van der Waals surface area contributed by atoms with Crippen molar-refractivity contribution in [3.05, 3.63) is 33.9 Å². The maximum Gasteiger partial charge on any atom is -0.0392 e. The Morgan fingerprint density at radius 3 is 1.46 bits per heavy atom. The summed E-state index contributed by atoms with van der Waals surface area (Å²) in [6, 6.07) is 0. The fraction of sp³-hybridized carbons (Fsp3) is 0.538. The summed E-state index contributed by atoms with van der Waals surface area (Å²) in [5, 5.41) is 0. The monoisotopic (exact) mass is 178 g/mol. The topological polar surface area (TPSA) is 0 Å². The van der Waals surface area contributed by atoms with Gasteiger partial charge in [-0.15, -0.1) is 0 Å². The standard InChI is InChI=1S/C13H22/c1-8-10(4)12(6)13(7)11(5)9(2)3/h8H,1-7H3/b10-8?,13-12-. The van der Waals surface area contributed by atoms with Crippen LogP contribution in [0.3, 0.4) is 0 Å². The van der Waals surface area contributed by atoms with Crippen LogP contribution in [-0.2, 0) is 0 Å². The summed E-state index contributed by atoms with van der Waals surface area (Å²) < 4.78 is 0. The molecule has 0 aromatic heterocycles. The third-order valence-corrected chi connectivity index (χ3v) is 2.90. The summed E-state index contributed by atoms with van der Waals surface area (Å²) in [5.41, 5.74) is 7.01. The summed E-state index contributed by atoms with van der Waals surface area (Å²) in [7, 11) is 0. The van der Waals surface area contributed by atoms with E-state index >= 15 is 0 Å². The van der Waals surface area contributed by atoms with Crippen LogP contribution in [0.25, 0.3) is 0 Å². The highest BCUT2D eigenvalue weighted by molar-refractivity contribution is 5.42. The van der Waals surface area contributed by atoms with Crippen molar-refractivity contribution in [1.82, 2.24) is 0 Å². The first-order chi connectivity index (χ1) is 5.91. The lowest BCUT2D eigenvalue weighted by atomic mass is 9.96. The Balaban J connectivity index is 5.17. The molecule has 0 heterocycles. The van der Waals surface area contributed by atoms with Crippen LogP contribution >= 0.6 is 0 Å². The van der Waals surface area contributed by atoms with Gasteiger partial charge in [-0.1, -0.05) is 17.2 Å². The molecular formula is C13H22. The Kier molecular flexibility index (Phi) is 4.76. The predicted molar refractivity (Wildman–Crippen MR) is 61.9 cm³/mol. The van der Waals surface area contributed by atoms with E-state index in [2.05, 4.69) is 54.5 Å². The second kappa shape index (κ2) is 5.06. The van der Waals surface area contributed by atoms with Crippen LogP contribution in [0.1, 0.15) is 48.5 Å². The lowest BCUT2D eigenvalue weighted by Gasteiger charge is -2.10. The second-order valence-corrected chi connectivity index (χ2v) is 3.85. The summed E-state index contributed by atoms with van der Waals surface area (Å²) in [6.45, 7) is 15.2. The van der Waals surface area contributed by atoms with Crippen LogP contribution in [0.4, 0.5) is 0 Å². The van der Waals surface area contributed by atoms with Crippen molar-refractivity contribution in [2.45, 2.75) is 48.5 Å². The van der Waals surface area contributed by atoms with Gasteiger partial charge in [-0.25, -0.2) is 0 Å². The molecule has 0 fully saturated rings. The molecule has 74 valence electrons. The molecule has 0 aliphatic rings. The van der Waals surface area contributed by atoms with E-state index in [1.54, 1.807) is 0 Å². The third-order valence-electron chi connectivity index (χ3n) is 2.90. The van der Waals surface area contributed by atoms with Crippen LogP contribution in [0.15, 0.2) is 33.9 Å². The van der Waals surface area contributed by atoms with Gasteiger partial charge < -0.3 is 0 Å². The molecule has 0 radical (unpaired) electrons. The molecular weight excluding hydrogens is 156 g/mol. The van der Waals surface area contributed by atoms with E-state index < -0.39 is 0 Å². The van der Waals surface area contributed by atoms with Crippen LogP contribution in [0.2, 0.25) is 0 Å². The SMILES string of the molecule is CC=C(C)/C(C)=C(/C)C(C)=C(C)C. The van der Waals surface area contributed by atoms with Gasteiger partial charge in [0.25, 0.3) is 0 Å². The first-order valence-electron chi connectivity index (χ1n) is 4.87. The van der Waals surface area contributed by atoms with E-state index in [-0.39, 0.29) is 0 Å². The largest absolute Gasteiger partial charge is 0.0844 e. The van der Waals surface area contributed by atoms with E-state index in [9.17, 15) is 0 Å². The molecule has 13 heavy (non-hydrogen) atoms. The molecule has 0 unspecified atom stereocenters. The molecule has 0 aliphatic carbocycles. The second-order valence-electron chi connectivity index (χ2n) is 3.85. The molecule has 0 rings (SSSR count). The molecule has 0 atom stereocenters. The summed E-state index contributed by atoms with van der Waals surface area (Å²) in [4.78, 5) is 0. The Hall–Kier alpha value is -0.780. The maximum absolute atomic E-state index is 2.20. The molecule has 0 aromatic carbocycles. The minimum atomic E-state index is 1.37. The van der Waals surface area contributed by atoms with Gasteiger partial charge >= 0.3 is 0 Å². The van der Waals surface area contributed by atoms with Crippen molar-refractivity contribution in [3.63, 3.8) is 0 Å². The molecule has 0 bridgehead atoms. The van der Waals surface area contributed by atoms with Gasteiger partial charge in [0, 0.05) is 0 Å². The number of rotatable bonds is 2. The molecule has 0 spiro atoms. The third kappa shape index (κ3) is 3.22. The van der Waals surface area contributed by atoms with Crippen molar-refractivity contribution in [3.8, 4) is 0 Å². The van der Waals surface area contributed by atoms with Gasteiger partial charge in [-0.2, -0.15) is 0 Å². The fourth-order valence-electron chi connectivity index (χ4n) is 1.17. The van der Waals surface area contributed by atoms with Crippen molar-refractivity contribution < 1.29 is 0 Å². The zero-order valence-corrected chi connectivity index (χ0v) is 10.1. The van der Waals surface area contributed by atoms with Crippen molar-refractivity contribution >= 4 is 0 Å². The van der Waals surface area contributed by atoms with Gasteiger partial charge in [0.1, 0.15) is 0 Å². The Labute approximate surface area is 83.0 Å². The quantitative estimate of drug-likeness (QED) is 0.540. The number of allylic oxidation sites excluding steroid dienone is 6. The summed E-state index contributed by atoms with van der Waals surface area (Å²) in [6.07, 6.45) is 2.16. The molecule has 0 saturated carbocycles. The number of hydrogen-bond acceptors (Lipinski definition) is 0. The average Bonchev–Trinajstić information content (AvgIpc) is 2.12. The van der Waals surface area contributed by atoms with Crippen LogP contribution in [-0.4, -0.2) is 0 Å². The molecule has 0 saturated heterocycles. The van der Waals surface area contributed by atoms with Gasteiger partial charge in [0.15, 0.2) is 0 Å². The molecule has 0 N–H and O–H groups in total. The zero-order chi connectivity index (χ0) is 10.6. The molecule has 0 aliphatic heterocycles. The number of hydrogen-bond donors (Lipinski definition) is 0. The highest BCUT2D eigenvalue weighted by Crippen LogP contribution is 2.21. The predicted octanol–water partition coefficient (Wildman–Crippen LogP) is 4.65. The van der Waals surface area contributed by atoms with Crippen LogP contribution in [0.5, 0.6) is 0 Å². The molecule has 0 amide bonds. The average molecular weight is 178 g/mol. The maximum atomic E-state index is 2.20. The molecule has 0 heteroatoms. The summed E-state index contributed by atoms with van der Waals surface area (Å²) >= 11 is 0. The first kappa shape index (κ1) is 12.2. The van der Waals surface area contributed by atoms with Crippen molar-refractivity contribution in [1.29, 1.82) is 0 Å². The zero-order valence-electron chi connectivity index (χ0n) is 10.1. The normalized spacial score (nSPS) is 13.9. The molecule has 0 aromatic rings.